The van der Waals surface area contributed by atoms with Gasteiger partial charge in [-0.15, -0.1) is 0 Å². The number of nitrogens with one attached hydrogen (secondary N) is 1. The number of rotatable bonds is 5. The minimum atomic E-state index is -0.981. The summed E-state index contributed by atoms with van der Waals surface area (Å²) in [6, 6.07) is 8.75. The van der Waals surface area contributed by atoms with Gasteiger partial charge in [0.05, 0.1) is 4.92 Å². The van der Waals surface area contributed by atoms with Gasteiger partial charge in [0.15, 0.2) is 6.61 Å². The Labute approximate surface area is 135 Å². The molecule has 1 amide bonds. The minimum Gasteiger partial charge on any atom is -0.508 e. The molecule has 0 bridgehead atoms. The van der Waals surface area contributed by atoms with Crippen molar-refractivity contribution >= 4 is 23.3 Å². The number of nitro groups is 1. The second-order valence-corrected chi connectivity index (χ2v) is 4.60. The van der Waals surface area contributed by atoms with Gasteiger partial charge in [-0.05, 0) is 18.2 Å². The quantitative estimate of drug-likeness (QED) is 0.431. The molecule has 2 aromatic carbocycles. The van der Waals surface area contributed by atoms with Crippen LogP contribution in [0.3, 0.4) is 0 Å². The summed E-state index contributed by atoms with van der Waals surface area (Å²) in [4.78, 5) is 33.7. The fraction of sp³-hybridized carbons (Fsp3) is 0.0667. The number of hydrogen-bond donors (Lipinski definition) is 3. The number of phenols is 2. The molecule has 124 valence electrons. The molecule has 9 nitrogen and oxygen atoms in total. The molecule has 0 unspecified atom stereocenters. The van der Waals surface area contributed by atoms with Crippen molar-refractivity contribution in [1.29, 1.82) is 0 Å². The molecule has 0 aromatic heterocycles. The average molecular weight is 332 g/mol. The molecule has 3 N–H and O–H groups in total. The first-order valence-corrected chi connectivity index (χ1v) is 6.61. The van der Waals surface area contributed by atoms with Gasteiger partial charge in [0, 0.05) is 12.1 Å². The minimum absolute atomic E-state index is 0.0315. The predicted octanol–water partition coefficient (Wildman–Crippen LogP) is 1.80. The molecule has 24 heavy (non-hydrogen) atoms. The molecule has 2 rings (SSSR count). The van der Waals surface area contributed by atoms with Crippen LogP contribution in [0, 0.1) is 10.1 Å². The molecule has 0 aliphatic heterocycles. The SMILES string of the molecule is O=C(COC(=O)c1ccc(O)cc1O)Nc1ccccc1[N+](=O)[O-]. The monoisotopic (exact) mass is 332 g/mol. The number of nitrogens with zero attached hydrogens (tertiary/aromatic N) is 1. The Kier molecular flexibility index (Phi) is 4.95. The molecule has 0 saturated heterocycles. The van der Waals surface area contributed by atoms with E-state index in [9.17, 15) is 24.8 Å². The highest BCUT2D eigenvalue weighted by atomic mass is 16.6. The number of hydrogen-bond acceptors (Lipinski definition) is 7. The van der Waals surface area contributed by atoms with Crippen LogP contribution in [0.2, 0.25) is 0 Å². The molecule has 0 fully saturated rings. The van der Waals surface area contributed by atoms with E-state index in [0.717, 1.165) is 12.1 Å². The summed E-state index contributed by atoms with van der Waals surface area (Å²) >= 11 is 0. The smallest absolute Gasteiger partial charge is 0.342 e. The zero-order chi connectivity index (χ0) is 17.7. The van der Waals surface area contributed by atoms with Gasteiger partial charge in [0.1, 0.15) is 22.7 Å². The highest BCUT2D eigenvalue weighted by Gasteiger charge is 2.17. The zero-order valence-corrected chi connectivity index (χ0v) is 12.1. The van der Waals surface area contributed by atoms with Gasteiger partial charge in [-0.1, -0.05) is 12.1 Å². The number of amides is 1. The fourth-order valence-corrected chi connectivity index (χ4v) is 1.83. The standard InChI is InChI=1S/C15H12N2O7/c18-9-5-6-10(13(19)7-9)15(21)24-8-14(20)16-11-3-1-2-4-12(11)17(22)23/h1-7,18-19H,8H2,(H,16,20). The van der Waals surface area contributed by atoms with E-state index in [0.29, 0.717) is 0 Å². The number of phenolic OH excluding ortho intramolecular Hbond substituents is 2. The van der Waals surface area contributed by atoms with E-state index in [1.54, 1.807) is 0 Å². The van der Waals surface area contributed by atoms with E-state index in [4.69, 9.17) is 9.84 Å². The van der Waals surface area contributed by atoms with E-state index < -0.39 is 29.2 Å². The van der Waals surface area contributed by atoms with E-state index in [1.165, 1.54) is 30.3 Å². The highest BCUT2D eigenvalue weighted by molar-refractivity contribution is 5.97. The van der Waals surface area contributed by atoms with Crippen LogP contribution in [0.15, 0.2) is 42.5 Å². The maximum atomic E-state index is 11.8. The van der Waals surface area contributed by atoms with Crippen LogP contribution in [0.5, 0.6) is 11.5 Å². The number of para-hydroxylation sites is 2. The summed E-state index contributed by atoms with van der Waals surface area (Å²) in [6.45, 7) is -0.703. The van der Waals surface area contributed by atoms with Crippen molar-refractivity contribution in [2.75, 3.05) is 11.9 Å². The molecule has 0 heterocycles. The highest BCUT2D eigenvalue weighted by Crippen LogP contribution is 2.24. The van der Waals surface area contributed by atoms with E-state index >= 15 is 0 Å². The average Bonchev–Trinajstić information content (AvgIpc) is 2.53. The number of aromatic hydroxyl groups is 2. The third-order valence-electron chi connectivity index (χ3n) is 2.91. The van der Waals surface area contributed by atoms with Crippen molar-refractivity contribution < 1.29 is 29.5 Å². The van der Waals surface area contributed by atoms with Crippen LogP contribution in [0.1, 0.15) is 10.4 Å². The van der Waals surface area contributed by atoms with Crippen LogP contribution in [0.4, 0.5) is 11.4 Å². The van der Waals surface area contributed by atoms with Crippen LogP contribution >= 0.6 is 0 Å². The van der Waals surface area contributed by atoms with Crippen molar-refractivity contribution in [3.8, 4) is 11.5 Å². The summed E-state index contributed by atoms with van der Waals surface area (Å²) in [5.74, 6) is -2.50. The lowest BCUT2D eigenvalue weighted by molar-refractivity contribution is -0.383. The second-order valence-electron chi connectivity index (χ2n) is 4.60. The van der Waals surface area contributed by atoms with Gasteiger partial charge in [0.2, 0.25) is 0 Å². The van der Waals surface area contributed by atoms with Gasteiger partial charge < -0.3 is 20.3 Å². The van der Waals surface area contributed by atoms with Gasteiger partial charge in [-0.3, -0.25) is 14.9 Å². The van der Waals surface area contributed by atoms with Crippen LogP contribution in [-0.2, 0) is 9.53 Å². The lowest BCUT2D eigenvalue weighted by Gasteiger charge is -2.08. The number of ether oxygens (including phenoxy) is 1. The lowest BCUT2D eigenvalue weighted by Crippen LogP contribution is -2.21. The maximum absolute atomic E-state index is 11.8. The van der Waals surface area contributed by atoms with Gasteiger partial charge in [-0.2, -0.15) is 0 Å². The number of carbonyl (C=O) groups is 2. The maximum Gasteiger partial charge on any atom is 0.342 e. The van der Waals surface area contributed by atoms with E-state index in [1.807, 2.05) is 0 Å². The van der Waals surface area contributed by atoms with Crippen molar-refractivity contribution in [1.82, 2.24) is 0 Å². The second kappa shape index (κ2) is 7.09. The normalized spacial score (nSPS) is 10.0. The zero-order valence-electron chi connectivity index (χ0n) is 12.1. The Bertz CT molecular complexity index is 804. The first-order chi connectivity index (χ1) is 11.4. The number of esters is 1. The van der Waals surface area contributed by atoms with Gasteiger partial charge in [-0.25, -0.2) is 4.79 Å². The Hall–Kier alpha value is -3.62. The van der Waals surface area contributed by atoms with Gasteiger partial charge >= 0.3 is 5.97 Å². The van der Waals surface area contributed by atoms with Crippen LogP contribution in [-0.4, -0.2) is 33.6 Å². The van der Waals surface area contributed by atoms with Crippen LogP contribution in [0.25, 0.3) is 0 Å². The van der Waals surface area contributed by atoms with Crippen molar-refractivity contribution in [3.63, 3.8) is 0 Å². The number of carbonyl (C=O) groups excluding carboxylic acids is 2. The van der Waals surface area contributed by atoms with E-state index in [-0.39, 0.29) is 22.7 Å². The third kappa shape index (κ3) is 3.97. The number of benzene rings is 2. The van der Waals surface area contributed by atoms with Crippen molar-refractivity contribution in [3.05, 3.63) is 58.1 Å². The summed E-state index contributed by atoms with van der Waals surface area (Å²) in [6.07, 6.45) is 0. The predicted molar refractivity (Wildman–Crippen MR) is 81.8 cm³/mol. The first kappa shape index (κ1) is 16.7. The fourth-order valence-electron chi connectivity index (χ4n) is 1.83. The third-order valence-corrected chi connectivity index (χ3v) is 2.91. The molecular weight excluding hydrogens is 320 g/mol. The first-order valence-electron chi connectivity index (χ1n) is 6.61. The molecule has 0 aliphatic carbocycles. The molecule has 2 aromatic rings. The molecule has 9 heteroatoms. The molecule has 0 spiro atoms. The van der Waals surface area contributed by atoms with Gasteiger partial charge in [0.25, 0.3) is 11.6 Å². The lowest BCUT2D eigenvalue weighted by atomic mass is 10.2. The molecule has 0 aliphatic rings. The summed E-state index contributed by atoms with van der Waals surface area (Å²) < 4.78 is 4.72. The molecule has 0 radical (unpaired) electrons. The Morgan fingerprint density at radius 2 is 1.88 bits per heavy atom. The number of anilines is 1. The van der Waals surface area contributed by atoms with Crippen molar-refractivity contribution in [2.24, 2.45) is 0 Å². The Morgan fingerprint density at radius 3 is 2.54 bits per heavy atom. The molecule has 0 atom stereocenters. The molecular formula is C15H12N2O7. The topological polar surface area (TPSA) is 139 Å². The van der Waals surface area contributed by atoms with Crippen LogP contribution < -0.4 is 5.32 Å². The largest absolute Gasteiger partial charge is 0.508 e. The summed E-state index contributed by atoms with van der Waals surface area (Å²) in [5.41, 5.74) is -0.560. The van der Waals surface area contributed by atoms with Crippen molar-refractivity contribution in [2.45, 2.75) is 0 Å². The number of nitro benzene ring substituents is 1. The Balaban J connectivity index is 1.99. The summed E-state index contributed by atoms with van der Waals surface area (Å²) in [7, 11) is 0. The molecule has 0 saturated carbocycles. The Morgan fingerprint density at radius 1 is 1.17 bits per heavy atom. The summed E-state index contributed by atoms with van der Waals surface area (Å²) in [5, 5.41) is 31.8. The van der Waals surface area contributed by atoms with E-state index in [2.05, 4.69) is 5.32 Å².